The minimum absolute atomic E-state index is 0.0338. The molecule has 0 unspecified atom stereocenters. The zero-order valence-corrected chi connectivity index (χ0v) is 17.1. The molecule has 0 fully saturated rings. The molecule has 0 bridgehead atoms. The summed E-state index contributed by atoms with van der Waals surface area (Å²) >= 11 is 1.31. The van der Waals surface area contributed by atoms with Gasteiger partial charge in [-0.15, -0.1) is 5.10 Å². The van der Waals surface area contributed by atoms with Crippen LogP contribution in [0.25, 0.3) is 5.69 Å². The smallest absolute Gasteiger partial charge is 0.230 e. The van der Waals surface area contributed by atoms with Crippen molar-refractivity contribution in [1.29, 1.82) is 0 Å². The molecule has 2 aromatic rings. The van der Waals surface area contributed by atoms with E-state index >= 15 is 0 Å². The van der Waals surface area contributed by atoms with Crippen LogP contribution in [-0.4, -0.2) is 44.5 Å². The summed E-state index contributed by atoms with van der Waals surface area (Å²) in [6.45, 7) is 10.6. The average Bonchev–Trinajstić information content (AvgIpc) is 2.98. The van der Waals surface area contributed by atoms with Gasteiger partial charge in [0.2, 0.25) is 11.1 Å². The topological polar surface area (TPSA) is 81.9 Å². The maximum Gasteiger partial charge on any atom is 0.230 e. The number of nitrogens with zero attached hydrogens (tertiary/aromatic N) is 4. The fraction of sp³-hybridized carbons (Fsp3) is 0.556. The van der Waals surface area contributed by atoms with Gasteiger partial charge in [-0.3, -0.25) is 4.79 Å². The lowest BCUT2D eigenvalue weighted by molar-refractivity contribution is -0.120. The minimum atomic E-state index is -0.266. The zero-order valence-electron chi connectivity index (χ0n) is 16.2. The van der Waals surface area contributed by atoms with Gasteiger partial charge in [-0.25, -0.2) is 0 Å². The normalized spacial score (nSPS) is 12.1. The number of thioether (sulfide) groups is 1. The molecule has 8 heteroatoms. The number of aromatic nitrogens is 4. The molecule has 1 aromatic heterocycles. The van der Waals surface area contributed by atoms with E-state index in [0.717, 1.165) is 17.9 Å². The Morgan fingerprint density at radius 2 is 1.85 bits per heavy atom. The highest BCUT2D eigenvalue weighted by Crippen LogP contribution is 2.27. The van der Waals surface area contributed by atoms with E-state index in [9.17, 15) is 4.79 Å². The molecule has 0 aliphatic carbocycles. The van der Waals surface area contributed by atoms with Gasteiger partial charge < -0.3 is 10.1 Å². The molecule has 0 atom stereocenters. The van der Waals surface area contributed by atoms with E-state index in [1.165, 1.54) is 11.8 Å². The molecule has 0 aliphatic heterocycles. The van der Waals surface area contributed by atoms with Gasteiger partial charge in [0.05, 0.1) is 18.6 Å². The predicted octanol–water partition coefficient (Wildman–Crippen LogP) is 3.09. The van der Waals surface area contributed by atoms with E-state index in [1.807, 2.05) is 38.1 Å². The summed E-state index contributed by atoms with van der Waals surface area (Å²) in [5.41, 5.74) is 0.687. The Morgan fingerprint density at radius 3 is 2.42 bits per heavy atom. The zero-order chi connectivity index (χ0) is 19.4. The van der Waals surface area contributed by atoms with Gasteiger partial charge in [0.1, 0.15) is 5.75 Å². The Morgan fingerprint density at radius 1 is 1.19 bits per heavy atom. The maximum absolute atomic E-state index is 12.3. The molecular weight excluding hydrogens is 350 g/mol. The second-order valence-corrected chi connectivity index (χ2v) is 8.97. The summed E-state index contributed by atoms with van der Waals surface area (Å²) in [5, 5.41) is 15.4. The molecule has 2 rings (SSSR count). The molecule has 0 radical (unpaired) electrons. The Bertz CT molecular complexity index is 735. The first-order valence-corrected chi connectivity index (χ1v) is 9.45. The number of nitrogens with one attached hydrogen (secondary N) is 1. The quantitative estimate of drug-likeness (QED) is 0.747. The number of ether oxygens (including phenoxy) is 1. The molecule has 142 valence electrons. The van der Waals surface area contributed by atoms with Gasteiger partial charge >= 0.3 is 0 Å². The van der Waals surface area contributed by atoms with Crippen molar-refractivity contribution in [1.82, 2.24) is 25.5 Å². The fourth-order valence-corrected chi connectivity index (χ4v) is 3.76. The Balaban J connectivity index is 1.98. The number of methoxy groups -OCH3 is 1. The number of amides is 1. The maximum atomic E-state index is 12.3. The van der Waals surface area contributed by atoms with Gasteiger partial charge in [0.15, 0.2) is 0 Å². The van der Waals surface area contributed by atoms with Crippen molar-refractivity contribution in [2.75, 3.05) is 12.9 Å². The molecular formula is C18H27N5O2S. The van der Waals surface area contributed by atoms with Crippen molar-refractivity contribution >= 4 is 17.7 Å². The van der Waals surface area contributed by atoms with Crippen LogP contribution < -0.4 is 10.1 Å². The first-order chi connectivity index (χ1) is 12.1. The summed E-state index contributed by atoms with van der Waals surface area (Å²) in [6, 6.07) is 7.41. The van der Waals surface area contributed by atoms with Crippen LogP contribution in [0.4, 0.5) is 0 Å². The number of hydrogen-bond donors (Lipinski definition) is 1. The molecule has 0 saturated heterocycles. The Hall–Kier alpha value is -2.09. The predicted molar refractivity (Wildman–Crippen MR) is 103 cm³/mol. The lowest BCUT2D eigenvalue weighted by atomic mass is 9.82. The summed E-state index contributed by atoms with van der Waals surface area (Å²) in [7, 11) is 1.62. The summed E-state index contributed by atoms with van der Waals surface area (Å²) < 4.78 is 6.77. The van der Waals surface area contributed by atoms with Crippen LogP contribution in [0.3, 0.4) is 0 Å². The molecule has 7 nitrogen and oxygen atoms in total. The van der Waals surface area contributed by atoms with Crippen LogP contribution in [0.15, 0.2) is 29.4 Å². The Labute approximate surface area is 158 Å². The number of hydrogen-bond acceptors (Lipinski definition) is 6. The molecule has 0 spiro atoms. The molecule has 1 amide bonds. The number of carbonyl (C=O) groups is 1. The summed E-state index contributed by atoms with van der Waals surface area (Å²) in [6.07, 6.45) is 0.889. The lowest BCUT2D eigenvalue weighted by Crippen LogP contribution is -2.46. The minimum Gasteiger partial charge on any atom is -0.497 e. The molecule has 0 aliphatic rings. The van der Waals surface area contributed by atoms with E-state index in [2.05, 4.69) is 41.6 Å². The van der Waals surface area contributed by atoms with Crippen LogP contribution in [0.5, 0.6) is 5.75 Å². The third-order valence-electron chi connectivity index (χ3n) is 3.54. The van der Waals surface area contributed by atoms with Crippen molar-refractivity contribution in [3.05, 3.63) is 24.3 Å². The largest absolute Gasteiger partial charge is 0.497 e. The number of rotatable bonds is 7. The third-order valence-corrected chi connectivity index (χ3v) is 4.46. The van der Waals surface area contributed by atoms with Crippen LogP contribution in [0.1, 0.15) is 41.0 Å². The first kappa shape index (κ1) is 20.2. The SMILES string of the molecule is COc1ccc(-n2nnnc2SCC(=O)NC(C)(C)CC(C)(C)C)cc1. The molecule has 1 aromatic carbocycles. The van der Waals surface area contributed by atoms with Crippen LogP contribution in [0.2, 0.25) is 0 Å². The van der Waals surface area contributed by atoms with Gasteiger partial charge in [-0.05, 0) is 60.4 Å². The van der Waals surface area contributed by atoms with Crippen molar-refractivity contribution in [2.24, 2.45) is 5.41 Å². The fourth-order valence-electron chi connectivity index (χ4n) is 3.07. The standard InChI is InChI=1S/C18H27N5O2S/c1-17(2,3)12-18(4,5)19-15(24)11-26-16-20-21-22-23(16)13-7-9-14(25-6)10-8-13/h7-10H,11-12H2,1-6H3,(H,19,24). The second kappa shape index (κ2) is 8.07. The first-order valence-electron chi connectivity index (χ1n) is 8.46. The number of carbonyl (C=O) groups excluding carboxylic acids is 1. The number of benzene rings is 1. The van der Waals surface area contributed by atoms with E-state index in [-0.39, 0.29) is 22.6 Å². The molecule has 1 N–H and O–H groups in total. The average molecular weight is 378 g/mol. The highest BCUT2D eigenvalue weighted by Gasteiger charge is 2.27. The van der Waals surface area contributed by atoms with Gasteiger partial charge in [0.25, 0.3) is 0 Å². The van der Waals surface area contributed by atoms with E-state index in [1.54, 1.807) is 11.8 Å². The number of tetrazole rings is 1. The molecule has 1 heterocycles. The Kier molecular flexibility index (Phi) is 6.28. The van der Waals surface area contributed by atoms with Crippen LogP contribution in [-0.2, 0) is 4.79 Å². The molecule has 26 heavy (non-hydrogen) atoms. The monoisotopic (exact) mass is 377 g/mol. The second-order valence-electron chi connectivity index (χ2n) is 8.03. The van der Waals surface area contributed by atoms with E-state index in [0.29, 0.717) is 5.16 Å². The summed E-state index contributed by atoms with van der Waals surface area (Å²) in [5.74, 6) is 0.981. The van der Waals surface area contributed by atoms with Crippen LogP contribution >= 0.6 is 11.8 Å². The van der Waals surface area contributed by atoms with Crippen molar-refractivity contribution in [3.8, 4) is 11.4 Å². The van der Waals surface area contributed by atoms with Gasteiger partial charge in [-0.1, -0.05) is 32.5 Å². The van der Waals surface area contributed by atoms with Crippen molar-refractivity contribution in [3.63, 3.8) is 0 Å². The van der Waals surface area contributed by atoms with Crippen molar-refractivity contribution < 1.29 is 9.53 Å². The molecule has 0 saturated carbocycles. The summed E-state index contributed by atoms with van der Waals surface area (Å²) in [4.78, 5) is 12.3. The third kappa shape index (κ3) is 6.01. The highest BCUT2D eigenvalue weighted by atomic mass is 32.2. The highest BCUT2D eigenvalue weighted by molar-refractivity contribution is 7.99. The lowest BCUT2D eigenvalue weighted by Gasteiger charge is -2.33. The van der Waals surface area contributed by atoms with Gasteiger partial charge in [0, 0.05) is 5.54 Å². The van der Waals surface area contributed by atoms with Crippen molar-refractivity contribution in [2.45, 2.75) is 51.7 Å². The van der Waals surface area contributed by atoms with E-state index in [4.69, 9.17) is 4.74 Å². The van der Waals surface area contributed by atoms with Crippen LogP contribution in [0, 0.1) is 5.41 Å². The van der Waals surface area contributed by atoms with E-state index < -0.39 is 0 Å². The van der Waals surface area contributed by atoms with Gasteiger partial charge in [-0.2, -0.15) is 4.68 Å².